The molecule has 2 rings (SSSR count). The van der Waals surface area contributed by atoms with Gasteiger partial charge in [-0.15, -0.1) is 0 Å². The van der Waals surface area contributed by atoms with Gasteiger partial charge in [-0.25, -0.2) is 22.8 Å². The van der Waals surface area contributed by atoms with Crippen LogP contribution in [0.1, 0.15) is 45.0 Å². The summed E-state index contributed by atoms with van der Waals surface area (Å²) in [6.07, 6.45) is 3.94. The molecule has 0 radical (unpaired) electrons. The number of nitrogens with one attached hydrogen (secondary N) is 1. The first-order chi connectivity index (χ1) is 8.04. The second kappa shape index (κ2) is 4.73. The molecule has 1 N–H and O–H groups in total. The van der Waals surface area contributed by atoms with E-state index in [0.29, 0.717) is 5.82 Å². The number of hydrogen-bond acceptors (Lipinski definition) is 4. The predicted molar refractivity (Wildman–Crippen MR) is 63.8 cm³/mol. The second-order valence-corrected chi connectivity index (χ2v) is 6.42. The lowest BCUT2D eigenvalue weighted by Gasteiger charge is -2.14. The van der Waals surface area contributed by atoms with Crippen molar-refractivity contribution in [1.82, 2.24) is 19.5 Å². The standard InChI is InChI=1S/C10H18N4O2S/c1-3-6-14-10(11-7-12-14)8(2)13-17(15,16)9-4-5-9/h7-9,13H,3-6H2,1-2H3/t8-/m1/s1. The van der Waals surface area contributed by atoms with Crippen LogP contribution in [-0.2, 0) is 16.6 Å². The van der Waals surface area contributed by atoms with Crippen molar-refractivity contribution in [3.8, 4) is 0 Å². The van der Waals surface area contributed by atoms with Crippen LogP contribution in [0, 0.1) is 0 Å². The minimum Gasteiger partial charge on any atom is -0.249 e. The van der Waals surface area contributed by atoms with E-state index in [2.05, 4.69) is 14.8 Å². The molecule has 0 bridgehead atoms. The van der Waals surface area contributed by atoms with Crippen LogP contribution >= 0.6 is 0 Å². The van der Waals surface area contributed by atoms with Crippen molar-refractivity contribution in [2.75, 3.05) is 0 Å². The predicted octanol–water partition coefficient (Wildman–Crippen LogP) is 0.831. The van der Waals surface area contributed by atoms with Gasteiger partial charge in [0.25, 0.3) is 0 Å². The summed E-state index contributed by atoms with van der Waals surface area (Å²) < 4.78 is 28.0. The van der Waals surface area contributed by atoms with Crippen LogP contribution in [0.4, 0.5) is 0 Å². The first-order valence-corrected chi connectivity index (χ1v) is 7.48. The Morgan fingerprint density at radius 1 is 1.59 bits per heavy atom. The Balaban J connectivity index is 2.08. The van der Waals surface area contributed by atoms with E-state index >= 15 is 0 Å². The summed E-state index contributed by atoms with van der Waals surface area (Å²) in [4.78, 5) is 4.12. The SMILES string of the molecule is CCCn1ncnc1[C@@H](C)NS(=O)(=O)C1CC1. The van der Waals surface area contributed by atoms with E-state index in [0.717, 1.165) is 25.8 Å². The van der Waals surface area contributed by atoms with Gasteiger partial charge in [0.2, 0.25) is 10.0 Å². The highest BCUT2D eigenvalue weighted by atomic mass is 32.2. The molecule has 0 aromatic carbocycles. The molecule has 1 aromatic heterocycles. The van der Waals surface area contributed by atoms with Crippen molar-refractivity contribution in [3.63, 3.8) is 0 Å². The van der Waals surface area contributed by atoms with Crippen LogP contribution in [-0.4, -0.2) is 28.4 Å². The van der Waals surface area contributed by atoms with Crippen LogP contribution < -0.4 is 4.72 Å². The lowest BCUT2D eigenvalue weighted by Crippen LogP contribution is -2.31. The summed E-state index contributed by atoms with van der Waals surface area (Å²) in [7, 11) is -3.18. The summed E-state index contributed by atoms with van der Waals surface area (Å²) in [5, 5.41) is 3.89. The fourth-order valence-corrected chi connectivity index (χ4v) is 3.31. The monoisotopic (exact) mass is 258 g/mol. The van der Waals surface area contributed by atoms with Crippen LogP contribution in [0.25, 0.3) is 0 Å². The zero-order valence-electron chi connectivity index (χ0n) is 10.1. The molecule has 1 atom stereocenters. The Bertz CT molecular complexity index is 478. The van der Waals surface area contributed by atoms with E-state index in [1.807, 2.05) is 6.92 Å². The van der Waals surface area contributed by atoms with Gasteiger partial charge in [-0.3, -0.25) is 0 Å². The Hall–Kier alpha value is -0.950. The quantitative estimate of drug-likeness (QED) is 0.820. The first kappa shape index (κ1) is 12.5. The van der Waals surface area contributed by atoms with Crippen molar-refractivity contribution in [2.24, 2.45) is 0 Å². The smallest absolute Gasteiger partial charge is 0.215 e. The van der Waals surface area contributed by atoms with Crippen molar-refractivity contribution in [1.29, 1.82) is 0 Å². The molecule has 1 fully saturated rings. The molecule has 0 saturated heterocycles. The van der Waals surface area contributed by atoms with Gasteiger partial charge in [0.15, 0.2) is 0 Å². The highest BCUT2D eigenvalue weighted by Crippen LogP contribution is 2.28. The molecule has 0 unspecified atom stereocenters. The van der Waals surface area contributed by atoms with Gasteiger partial charge in [0.05, 0.1) is 11.3 Å². The van der Waals surface area contributed by atoms with Gasteiger partial charge < -0.3 is 0 Å². The third-order valence-electron chi connectivity index (χ3n) is 2.77. The van der Waals surface area contributed by atoms with E-state index in [4.69, 9.17) is 0 Å². The Morgan fingerprint density at radius 2 is 2.29 bits per heavy atom. The lowest BCUT2D eigenvalue weighted by atomic mass is 10.3. The van der Waals surface area contributed by atoms with Crippen molar-refractivity contribution in [3.05, 3.63) is 12.2 Å². The third-order valence-corrected chi connectivity index (χ3v) is 4.80. The van der Waals surface area contributed by atoms with Crippen LogP contribution in [0.3, 0.4) is 0 Å². The molecule has 17 heavy (non-hydrogen) atoms. The van der Waals surface area contributed by atoms with Gasteiger partial charge in [0.1, 0.15) is 12.2 Å². The van der Waals surface area contributed by atoms with E-state index in [-0.39, 0.29) is 11.3 Å². The molecular weight excluding hydrogens is 240 g/mol. The number of aryl methyl sites for hydroxylation is 1. The van der Waals surface area contributed by atoms with E-state index in [9.17, 15) is 8.42 Å². The summed E-state index contributed by atoms with van der Waals surface area (Å²) in [5.41, 5.74) is 0. The average molecular weight is 258 g/mol. The summed E-state index contributed by atoms with van der Waals surface area (Å²) in [5.74, 6) is 0.677. The van der Waals surface area contributed by atoms with Gasteiger partial charge in [-0.2, -0.15) is 5.10 Å². The maximum absolute atomic E-state index is 11.8. The van der Waals surface area contributed by atoms with Gasteiger partial charge >= 0.3 is 0 Å². The molecule has 1 saturated carbocycles. The third kappa shape index (κ3) is 2.84. The van der Waals surface area contributed by atoms with Crippen LogP contribution in [0.15, 0.2) is 6.33 Å². The van der Waals surface area contributed by atoms with E-state index in [1.165, 1.54) is 6.33 Å². The Labute approximate surface area is 101 Å². The molecule has 0 aliphatic heterocycles. The van der Waals surface area contributed by atoms with Crippen molar-refractivity contribution in [2.45, 2.75) is 50.9 Å². The fourth-order valence-electron chi connectivity index (χ4n) is 1.77. The number of sulfonamides is 1. The molecule has 1 heterocycles. The number of hydrogen-bond donors (Lipinski definition) is 1. The molecule has 1 aliphatic rings. The van der Waals surface area contributed by atoms with Crippen molar-refractivity contribution < 1.29 is 8.42 Å². The zero-order chi connectivity index (χ0) is 12.5. The normalized spacial score (nSPS) is 18.2. The van der Waals surface area contributed by atoms with Crippen LogP contribution in [0.2, 0.25) is 0 Å². The summed E-state index contributed by atoms with van der Waals surface area (Å²) >= 11 is 0. The lowest BCUT2D eigenvalue weighted by molar-refractivity contribution is 0.515. The average Bonchev–Trinajstić information content (AvgIpc) is 3.01. The first-order valence-electron chi connectivity index (χ1n) is 5.93. The molecule has 0 spiro atoms. The summed E-state index contributed by atoms with van der Waals surface area (Å²) in [6, 6.07) is -0.324. The highest BCUT2D eigenvalue weighted by Gasteiger charge is 2.37. The molecule has 6 nitrogen and oxygen atoms in total. The Morgan fingerprint density at radius 3 is 2.88 bits per heavy atom. The maximum atomic E-state index is 11.8. The maximum Gasteiger partial charge on any atom is 0.215 e. The zero-order valence-corrected chi connectivity index (χ0v) is 10.9. The fraction of sp³-hybridized carbons (Fsp3) is 0.800. The van der Waals surface area contributed by atoms with E-state index < -0.39 is 10.0 Å². The largest absolute Gasteiger partial charge is 0.249 e. The molecular formula is C10H18N4O2S. The van der Waals surface area contributed by atoms with Crippen LogP contribution in [0.5, 0.6) is 0 Å². The second-order valence-electron chi connectivity index (χ2n) is 4.43. The van der Waals surface area contributed by atoms with Gasteiger partial charge in [0, 0.05) is 6.54 Å². The number of rotatable bonds is 6. The molecule has 1 aromatic rings. The van der Waals surface area contributed by atoms with Crippen molar-refractivity contribution >= 4 is 10.0 Å². The molecule has 1 aliphatic carbocycles. The molecule has 7 heteroatoms. The highest BCUT2D eigenvalue weighted by molar-refractivity contribution is 7.90. The van der Waals surface area contributed by atoms with Gasteiger partial charge in [-0.05, 0) is 26.2 Å². The molecule has 96 valence electrons. The van der Waals surface area contributed by atoms with Gasteiger partial charge in [-0.1, -0.05) is 6.92 Å². The summed E-state index contributed by atoms with van der Waals surface area (Å²) in [6.45, 7) is 4.60. The Kier molecular flexibility index (Phi) is 3.48. The minimum absolute atomic E-state index is 0.201. The minimum atomic E-state index is -3.18. The molecule has 0 amide bonds. The topological polar surface area (TPSA) is 76.9 Å². The number of aromatic nitrogens is 3. The number of nitrogens with zero attached hydrogens (tertiary/aromatic N) is 3. The van der Waals surface area contributed by atoms with E-state index in [1.54, 1.807) is 11.6 Å².